The van der Waals surface area contributed by atoms with E-state index in [1.54, 1.807) is 0 Å². The Bertz CT molecular complexity index is 442. The first-order valence-electron chi connectivity index (χ1n) is 8.30. The van der Waals surface area contributed by atoms with Crippen molar-refractivity contribution in [2.45, 2.75) is 71.4 Å². The number of hydrogen-bond donors (Lipinski definition) is 2. The largest absolute Gasteiger partial charge is 0.467 e. The third kappa shape index (κ3) is 6.69. The van der Waals surface area contributed by atoms with E-state index in [0.29, 0.717) is 19.3 Å². The van der Waals surface area contributed by atoms with Crippen molar-refractivity contribution in [1.82, 2.24) is 5.32 Å². The van der Waals surface area contributed by atoms with Crippen molar-refractivity contribution in [3.05, 3.63) is 0 Å². The standard InChI is InChI=1S/C17H30N2O4/c1-17(2,3)10-12(18)15(21)19-13(16(22)23-4)9-11-7-5-6-8-14(11)20/h11-13H,5-10,18H2,1-4H3,(H,19,21)/t11-,12-,13-/m0/s1. The fourth-order valence-corrected chi connectivity index (χ4v) is 2.98. The van der Waals surface area contributed by atoms with E-state index in [1.807, 2.05) is 20.8 Å². The molecule has 0 saturated heterocycles. The van der Waals surface area contributed by atoms with Gasteiger partial charge in [-0.1, -0.05) is 27.2 Å². The van der Waals surface area contributed by atoms with Crippen LogP contribution in [0.3, 0.4) is 0 Å². The highest BCUT2D eigenvalue weighted by Crippen LogP contribution is 2.25. The van der Waals surface area contributed by atoms with Crippen molar-refractivity contribution in [2.24, 2.45) is 17.1 Å². The van der Waals surface area contributed by atoms with Gasteiger partial charge in [0.15, 0.2) is 0 Å². The molecule has 3 N–H and O–H groups in total. The molecule has 6 heteroatoms. The Kier molecular flexibility index (Phi) is 7.19. The van der Waals surface area contributed by atoms with Crippen molar-refractivity contribution in [2.75, 3.05) is 7.11 Å². The molecule has 0 heterocycles. The normalized spacial score (nSPS) is 21.4. The number of nitrogens with one attached hydrogen (secondary N) is 1. The van der Waals surface area contributed by atoms with Crippen LogP contribution in [0.2, 0.25) is 0 Å². The maximum absolute atomic E-state index is 12.2. The number of methoxy groups -OCH3 is 1. The summed E-state index contributed by atoms with van der Waals surface area (Å²) in [6.45, 7) is 6.00. The van der Waals surface area contributed by atoms with Crippen molar-refractivity contribution in [3.8, 4) is 0 Å². The van der Waals surface area contributed by atoms with Crippen LogP contribution in [0, 0.1) is 11.3 Å². The summed E-state index contributed by atoms with van der Waals surface area (Å²) in [5, 5.41) is 2.67. The van der Waals surface area contributed by atoms with Crippen LogP contribution in [0.15, 0.2) is 0 Å². The van der Waals surface area contributed by atoms with Gasteiger partial charge in [-0.15, -0.1) is 0 Å². The van der Waals surface area contributed by atoms with E-state index in [2.05, 4.69) is 5.32 Å². The minimum atomic E-state index is -0.814. The van der Waals surface area contributed by atoms with Gasteiger partial charge in [-0.05, 0) is 31.1 Å². The second-order valence-corrected chi connectivity index (χ2v) is 7.60. The van der Waals surface area contributed by atoms with Gasteiger partial charge in [-0.2, -0.15) is 0 Å². The van der Waals surface area contributed by atoms with E-state index in [4.69, 9.17) is 10.5 Å². The van der Waals surface area contributed by atoms with Crippen LogP contribution in [0.1, 0.15) is 59.3 Å². The van der Waals surface area contributed by atoms with Gasteiger partial charge in [-0.3, -0.25) is 9.59 Å². The van der Waals surface area contributed by atoms with Crippen LogP contribution < -0.4 is 11.1 Å². The molecule has 0 radical (unpaired) electrons. The molecule has 6 nitrogen and oxygen atoms in total. The second kappa shape index (κ2) is 8.43. The van der Waals surface area contributed by atoms with Crippen molar-refractivity contribution in [1.29, 1.82) is 0 Å². The fourth-order valence-electron chi connectivity index (χ4n) is 2.98. The third-order valence-electron chi connectivity index (χ3n) is 4.17. The molecule has 1 aliphatic carbocycles. The molecule has 0 aliphatic heterocycles. The van der Waals surface area contributed by atoms with E-state index >= 15 is 0 Å². The van der Waals surface area contributed by atoms with E-state index in [0.717, 1.165) is 19.3 Å². The van der Waals surface area contributed by atoms with E-state index in [9.17, 15) is 14.4 Å². The number of Topliss-reactive ketones (excluding diaryl/α,β-unsaturated/α-hetero) is 1. The molecule has 1 rings (SSSR count). The van der Waals surface area contributed by atoms with E-state index in [-0.39, 0.29) is 23.0 Å². The predicted molar refractivity (Wildman–Crippen MR) is 87.6 cm³/mol. The van der Waals surface area contributed by atoms with Crippen LogP contribution in [-0.2, 0) is 19.1 Å². The zero-order chi connectivity index (χ0) is 17.6. The van der Waals surface area contributed by atoms with Crippen LogP contribution in [0.4, 0.5) is 0 Å². The molecule has 0 bridgehead atoms. The maximum Gasteiger partial charge on any atom is 0.328 e. The lowest BCUT2D eigenvalue weighted by Gasteiger charge is -2.27. The molecule has 3 atom stereocenters. The Morgan fingerprint density at radius 1 is 1.35 bits per heavy atom. The lowest BCUT2D eigenvalue weighted by Crippen LogP contribution is -2.50. The van der Waals surface area contributed by atoms with Crippen molar-refractivity contribution >= 4 is 17.7 Å². The third-order valence-corrected chi connectivity index (χ3v) is 4.17. The lowest BCUT2D eigenvalue weighted by atomic mass is 9.83. The zero-order valence-electron chi connectivity index (χ0n) is 14.7. The molecule has 0 aromatic heterocycles. The Labute approximate surface area is 138 Å². The molecule has 23 heavy (non-hydrogen) atoms. The summed E-state index contributed by atoms with van der Waals surface area (Å²) >= 11 is 0. The van der Waals surface area contributed by atoms with Gasteiger partial charge < -0.3 is 15.8 Å². The first-order valence-corrected chi connectivity index (χ1v) is 8.30. The molecular formula is C17H30N2O4. The molecular weight excluding hydrogens is 296 g/mol. The second-order valence-electron chi connectivity index (χ2n) is 7.60. The topological polar surface area (TPSA) is 98.5 Å². The first kappa shape index (κ1) is 19.6. The van der Waals surface area contributed by atoms with Gasteiger partial charge in [0, 0.05) is 12.3 Å². The van der Waals surface area contributed by atoms with E-state index < -0.39 is 18.1 Å². The van der Waals surface area contributed by atoms with Gasteiger partial charge >= 0.3 is 5.97 Å². The minimum absolute atomic E-state index is 0.0865. The number of amides is 1. The van der Waals surface area contributed by atoms with Gasteiger partial charge in [-0.25, -0.2) is 4.79 Å². The number of ketones is 1. The number of carbonyl (C=O) groups excluding carboxylic acids is 3. The van der Waals surface area contributed by atoms with Crippen LogP contribution in [0.25, 0.3) is 0 Å². The summed E-state index contributed by atoms with van der Waals surface area (Å²) in [6, 6.07) is -1.50. The van der Waals surface area contributed by atoms with Crippen molar-refractivity contribution in [3.63, 3.8) is 0 Å². The van der Waals surface area contributed by atoms with Crippen molar-refractivity contribution < 1.29 is 19.1 Å². The highest BCUT2D eigenvalue weighted by Gasteiger charge is 2.32. The number of carbonyl (C=O) groups is 3. The molecule has 0 aromatic rings. The predicted octanol–water partition coefficient (Wildman–Crippen LogP) is 1.56. The highest BCUT2D eigenvalue weighted by atomic mass is 16.5. The van der Waals surface area contributed by atoms with Gasteiger partial charge in [0.1, 0.15) is 11.8 Å². The Morgan fingerprint density at radius 3 is 2.52 bits per heavy atom. The highest BCUT2D eigenvalue weighted by molar-refractivity contribution is 5.88. The fraction of sp³-hybridized carbons (Fsp3) is 0.824. The van der Waals surface area contributed by atoms with Gasteiger partial charge in [0.05, 0.1) is 13.2 Å². The Morgan fingerprint density at radius 2 is 2.00 bits per heavy atom. The number of esters is 1. The summed E-state index contributed by atoms with van der Waals surface area (Å²) in [7, 11) is 1.28. The lowest BCUT2D eigenvalue weighted by molar-refractivity contribution is -0.146. The van der Waals surface area contributed by atoms with Crippen LogP contribution in [0.5, 0.6) is 0 Å². The summed E-state index contributed by atoms with van der Waals surface area (Å²) in [5.74, 6) is -0.927. The van der Waals surface area contributed by atoms with E-state index in [1.165, 1.54) is 7.11 Å². The zero-order valence-corrected chi connectivity index (χ0v) is 14.7. The van der Waals surface area contributed by atoms with Crippen LogP contribution >= 0.6 is 0 Å². The summed E-state index contributed by atoms with van der Waals surface area (Å²) in [5.41, 5.74) is 5.84. The molecule has 132 valence electrons. The monoisotopic (exact) mass is 326 g/mol. The molecule has 1 aliphatic rings. The quantitative estimate of drug-likeness (QED) is 0.722. The Balaban J connectivity index is 2.69. The average Bonchev–Trinajstić information content (AvgIpc) is 2.46. The number of ether oxygens (including phenoxy) is 1. The number of hydrogen-bond acceptors (Lipinski definition) is 5. The SMILES string of the molecule is COC(=O)[C@H](C[C@@H]1CCCCC1=O)NC(=O)[C@@H](N)CC(C)(C)C. The number of rotatable bonds is 6. The first-order chi connectivity index (χ1) is 10.6. The molecule has 1 saturated carbocycles. The average molecular weight is 326 g/mol. The number of nitrogens with two attached hydrogens (primary N) is 1. The Hall–Kier alpha value is -1.43. The van der Waals surface area contributed by atoms with Crippen LogP contribution in [-0.4, -0.2) is 36.9 Å². The molecule has 0 aromatic carbocycles. The maximum atomic E-state index is 12.2. The van der Waals surface area contributed by atoms with Gasteiger partial charge in [0.25, 0.3) is 0 Å². The summed E-state index contributed by atoms with van der Waals surface area (Å²) in [6.07, 6.45) is 3.99. The molecule has 0 unspecified atom stereocenters. The smallest absolute Gasteiger partial charge is 0.328 e. The molecule has 0 spiro atoms. The summed E-state index contributed by atoms with van der Waals surface area (Å²) < 4.78 is 4.76. The summed E-state index contributed by atoms with van der Waals surface area (Å²) in [4.78, 5) is 36.2. The van der Waals surface area contributed by atoms with Gasteiger partial charge in [0.2, 0.25) is 5.91 Å². The molecule has 1 fully saturated rings. The molecule has 1 amide bonds. The minimum Gasteiger partial charge on any atom is -0.467 e.